The lowest BCUT2D eigenvalue weighted by Crippen LogP contribution is -2.37. The second kappa shape index (κ2) is 45.5. The number of likely N-dealkylation sites (N-methyl/N-ethyl adjacent to an activating group) is 1. The third kappa shape index (κ3) is 49.8. The number of quaternary nitrogens is 1. The second-order valence-corrected chi connectivity index (χ2v) is 20.3. The molecule has 9 heteroatoms. The van der Waals surface area contributed by atoms with Crippen molar-refractivity contribution < 1.29 is 37.3 Å². The SMILES string of the molecule is CCCCCC/C=C\CCCCCCCCOCC(COP(=O)([O-])OCC[N+](C)(C)C)OC(=O)CCCCCCCCCCCCCCC/C=C\CCCCCCCCCC. The number of carbonyl (C=O) groups excluding carboxylic acids is 1. The summed E-state index contributed by atoms with van der Waals surface area (Å²) in [6, 6.07) is 0. The van der Waals surface area contributed by atoms with Gasteiger partial charge in [-0.3, -0.25) is 9.36 Å². The first-order chi connectivity index (χ1) is 29.6. The van der Waals surface area contributed by atoms with E-state index in [0.717, 1.165) is 32.1 Å². The maximum absolute atomic E-state index is 12.7. The summed E-state index contributed by atoms with van der Waals surface area (Å²) in [5.74, 6) is -0.333. The number of phosphoric acid groups is 1. The minimum Gasteiger partial charge on any atom is -0.756 e. The number of ether oxygens (including phenoxy) is 2. The molecule has 0 spiro atoms. The van der Waals surface area contributed by atoms with Crippen LogP contribution in [0, 0.1) is 0 Å². The maximum atomic E-state index is 12.7. The summed E-state index contributed by atoms with van der Waals surface area (Å²) >= 11 is 0. The van der Waals surface area contributed by atoms with Gasteiger partial charge in [-0.1, -0.05) is 199 Å². The van der Waals surface area contributed by atoms with E-state index in [-0.39, 0.29) is 25.8 Å². The van der Waals surface area contributed by atoms with Crippen molar-refractivity contribution in [3.8, 4) is 0 Å². The van der Waals surface area contributed by atoms with E-state index in [1.54, 1.807) is 0 Å². The van der Waals surface area contributed by atoms with Crippen LogP contribution in [0.2, 0.25) is 0 Å². The van der Waals surface area contributed by atoms with Crippen LogP contribution in [-0.4, -0.2) is 70.7 Å². The Balaban J connectivity index is 4.05. The second-order valence-electron chi connectivity index (χ2n) is 18.9. The highest BCUT2D eigenvalue weighted by atomic mass is 31.2. The standard InChI is InChI=1S/C52H102NO7P/c1-6-8-10-12-14-16-18-20-22-23-24-25-26-27-28-29-30-31-32-33-35-37-39-41-43-45-52(54)60-51(50-59-61(55,56)58-48-46-53(3,4)5)49-57-47-44-42-40-38-36-34-21-19-17-15-13-11-9-7-2/h17,19,23-24,51H,6-16,18,20-22,25-50H2,1-5H3/b19-17-,24-23-. The van der Waals surface area contributed by atoms with Crippen LogP contribution in [0.4, 0.5) is 0 Å². The molecule has 0 heterocycles. The normalized spacial score (nSPS) is 13.7. The van der Waals surface area contributed by atoms with Gasteiger partial charge in [0, 0.05) is 13.0 Å². The van der Waals surface area contributed by atoms with Crippen LogP contribution in [0.5, 0.6) is 0 Å². The molecule has 0 N–H and O–H groups in total. The average Bonchev–Trinajstić information content (AvgIpc) is 3.22. The first kappa shape index (κ1) is 60.0. The Kier molecular flexibility index (Phi) is 44.8. The molecule has 0 aromatic heterocycles. The molecule has 0 radical (unpaired) electrons. The van der Waals surface area contributed by atoms with Gasteiger partial charge in [-0.05, 0) is 64.2 Å². The summed E-state index contributed by atoms with van der Waals surface area (Å²) in [4.78, 5) is 25.2. The first-order valence-electron chi connectivity index (χ1n) is 26.1. The van der Waals surface area contributed by atoms with Crippen LogP contribution in [0.3, 0.4) is 0 Å². The highest BCUT2D eigenvalue weighted by molar-refractivity contribution is 7.45. The topological polar surface area (TPSA) is 94.1 Å². The van der Waals surface area contributed by atoms with Gasteiger partial charge in [0.05, 0.1) is 34.4 Å². The maximum Gasteiger partial charge on any atom is 0.306 e. The van der Waals surface area contributed by atoms with E-state index in [9.17, 15) is 14.3 Å². The van der Waals surface area contributed by atoms with Gasteiger partial charge in [-0.15, -0.1) is 0 Å². The number of nitrogens with zero attached hydrogens (tertiary/aromatic N) is 1. The summed E-state index contributed by atoms with van der Waals surface area (Å²) in [5, 5.41) is 0. The van der Waals surface area contributed by atoms with Crippen LogP contribution >= 0.6 is 7.82 Å². The largest absolute Gasteiger partial charge is 0.756 e. The summed E-state index contributed by atoms with van der Waals surface area (Å²) in [5.41, 5.74) is 0. The first-order valence-corrected chi connectivity index (χ1v) is 27.5. The summed E-state index contributed by atoms with van der Waals surface area (Å²) in [7, 11) is 1.36. The Morgan fingerprint density at radius 1 is 0.492 bits per heavy atom. The van der Waals surface area contributed by atoms with Crippen molar-refractivity contribution in [1.82, 2.24) is 0 Å². The molecule has 0 saturated carbocycles. The lowest BCUT2D eigenvalue weighted by molar-refractivity contribution is -0.870. The number of hydrogen-bond donors (Lipinski definition) is 0. The fourth-order valence-corrected chi connectivity index (χ4v) is 8.15. The van der Waals surface area contributed by atoms with Crippen molar-refractivity contribution in [3.05, 3.63) is 24.3 Å². The fourth-order valence-electron chi connectivity index (χ4n) is 7.42. The summed E-state index contributed by atoms with van der Waals surface area (Å²) < 4.78 is 34.7. The molecule has 0 aliphatic rings. The minimum absolute atomic E-state index is 0.0268. The van der Waals surface area contributed by atoms with Crippen molar-refractivity contribution >= 4 is 13.8 Å². The van der Waals surface area contributed by atoms with Crippen LogP contribution in [0.25, 0.3) is 0 Å². The lowest BCUT2D eigenvalue weighted by atomic mass is 10.0. The van der Waals surface area contributed by atoms with Crippen molar-refractivity contribution in [2.75, 3.05) is 54.1 Å². The van der Waals surface area contributed by atoms with E-state index >= 15 is 0 Å². The zero-order chi connectivity index (χ0) is 44.8. The van der Waals surface area contributed by atoms with Crippen molar-refractivity contribution in [3.63, 3.8) is 0 Å². The molecule has 0 aliphatic carbocycles. The van der Waals surface area contributed by atoms with Gasteiger partial charge in [-0.2, -0.15) is 0 Å². The van der Waals surface area contributed by atoms with E-state index in [0.29, 0.717) is 24.1 Å². The van der Waals surface area contributed by atoms with Gasteiger partial charge < -0.3 is 27.9 Å². The van der Waals surface area contributed by atoms with Crippen molar-refractivity contribution in [2.45, 2.75) is 251 Å². The van der Waals surface area contributed by atoms with Gasteiger partial charge >= 0.3 is 5.97 Å². The Labute approximate surface area is 379 Å². The molecule has 0 aromatic carbocycles. The smallest absolute Gasteiger partial charge is 0.306 e. The molecule has 0 fully saturated rings. The predicted molar refractivity (Wildman–Crippen MR) is 259 cm³/mol. The molecular formula is C52H102NO7P. The van der Waals surface area contributed by atoms with Crippen LogP contribution in [-0.2, 0) is 27.9 Å². The van der Waals surface area contributed by atoms with E-state index in [4.69, 9.17) is 18.5 Å². The van der Waals surface area contributed by atoms with Crippen LogP contribution in [0.1, 0.15) is 245 Å². The fraction of sp³-hybridized carbons (Fsp3) is 0.904. The van der Waals surface area contributed by atoms with Gasteiger partial charge in [0.1, 0.15) is 19.3 Å². The Hall–Kier alpha value is -1.02. The number of unbranched alkanes of at least 4 members (excludes halogenated alkanes) is 31. The molecule has 0 aromatic rings. The Morgan fingerprint density at radius 3 is 1.26 bits per heavy atom. The quantitative estimate of drug-likeness (QED) is 0.0197. The number of carbonyl (C=O) groups is 1. The minimum atomic E-state index is -4.53. The lowest BCUT2D eigenvalue weighted by Gasteiger charge is -2.28. The third-order valence-corrected chi connectivity index (χ3v) is 12.4. The molecule has 0 aliphatic heterocycles. The molecule has 61 heavy (non-hydrogen) atoms. The third-order valence-electron chi connectivity index (χ3n) is 11.5. The molecule has 0 saturated heterocycles. The Bertz CT molecular complexity index is 1030. The zero-order valence-corrected chi connectivity index (χ0v) is 42.0. The molecule has 2 atom stereocenters. The highest BCUT2D eigenvalue weighted by Gasteiger charge is 2.20. The van der Waals surface area contributed by atoms with E-state index in [1.165, 1.54) is 193 Å². The van der Waals surface area contributed by atoms with Gasteiger partial charge in [-0.25, -0.2) is 0 Å². The highest BCUT2D eigenvalue weighted by Crippen LogP contribution is 2.38. The zero-order valence-electron chi connectivity index (χ0n) is 41.1. The Morgan fingerprint density at radius 2 is 0.852 bits per heavy atom. The number of allylic oxidation sites excluding steroid dienone is 4. The molecule has 0 bridgehead atoms. The summed E-state index contributed by atoms with van der Waals surface area (Å²) in [6.45, 7) is 5.43. The number of phosphoric ester groups is 1. The number of hydrogen-bond acceptors (Lipinski definition) is 7. The van der Waals surface area contributed by atoms with E-state index < -0.39 is 13.9 Å². The summed E-state index contributed by atoms with van der Waals surface area (Å²) in [6.07, 6.45) is 53.5. The predicted octanol–water partition coefficient (Wildman–Crippen LogP) is 15.3. The molecule has 2 unspecified atom stereocenters. The molecular weight excluding hydrogens is 782 g/mol. The number of rotatable bonds is 49. The van der Waals surface area contributed by atoms with Crippen LogP contribution in [0.15, 0.2) is 24.3 Å². The van der Waals surface area contributed by atoms with Crippen molar-refractivity contribution in [2.24, 2.45) is 0 Å². The van der Waals surface area contributed by atoms with Crippen molar-refractivity contribution in [1.29, 1.82) is 0 Å². The van der Waals surface area contributed by atoms with Crippen LogP contribution < -0.4 is 4.89 Å². The average molecular weight is 884 g/mol. The van der Waals surface area contributed by atoms with Gasteiger partial charge in [0.2, 0.25) is 0 Å². The molecule has 0 amide bonds. The molecule has 0 rings (SSSR count). The monoisotopic (exact) mass is 884 g/mol. The van der Waals surface area contributed by atoms with Gasteiger partial charge in [0.15, 0.2) is 0 Å². The van der Waals surface area contributed by atoms with E-state index in [1.807, 2.05) is 21.1 Å². The van der Waals surface area contributed by atoms with Gasteiger partial charge in [0.25, 0.3) is 7.82 Å². The molecule has 8 nitrogen and oxygen atoms in total. The number of esters is 1. The molecule has 362 valence electrons. The van der Waals surface area contributed by atoms with E-state index in [2.05, 4.69) is 38.2 Å².